The predicted octanol–water partition coefficient (Wildman–Crippen LogP) is 3.16. The van der Waals surface area contributed by atoms with Gasteiger partial charge in [0, 0.05) is 12.0 Å². The van der Waals surface area contributed by atoms with E-state index in [4.69, 9.17) is 0 Å². The Balaban J connectivity index is 2.23. The van der Waals surface area contributed by atoms with Crippen LogP contribution in [0, 0.1) is 11.8 Å². The van der Waals surface area contributed by atoms with Crippen molar-refractivity contribution in [3.8, 4) is 11.8 Å². The van der Waals surface area contributed by atoms with Crippen molar-refractivity contribution in [3.63, 3.8) is 0 Å². The van der Waals surface area contributed by atoms with Crippen LogP contribution in [0.4, 0.5) is 0 Å². The molecular formula is C15H21N. The van der Waals surface area contributed by atoms with E-state index in [1.165, 1.54) is 6.42 Å². The highest BCUT2D eigenvalue weighted by Crippen LogP contribution is 1.97. The summed E-state index contributed by atoms with van der Waals surface area (Å²) in [6.45, 7) is 7.86. The van der Waals surface area contributed by atoms with Crippen LogP contribution in [0.3, 0.4) is 0 Å². The second-order valence-corrected chi connectivity index (χ2v) is 3.80. The molecule has 0 radical (unpaired) electrons. The molecule has 86 valence electrons. The molecule has 0 heterocycles. The minimum atomic E-state index is 0.991. The quantitative estimate of drug-likeness (QED) is 0.538. The Kier molecular flexibility index (Phi) is 6.37. The van der Waals surface area contributed by atoms with Crippen molar-refractivity contribution in [2.24, 2.45) is 0 Å². The molecule has 0 aromatic heterocycles. The minimum Gasteiger partial charge on any atom is -0.304 e. The fraction of sp³-hybridized carbons (Fsp3) is 0.467. The van der Waals surface area contributed by atoms with Gasteiger partial charge in [0.25, 0.3) is 0 Å². The average molecular weight is 215 g/mol. The smallest absolute Gasteiger partial charge is 0.0245 e. The summed E-state index contributed by atoms with van der Waals surface area (Å²) in [7, 11) is 0. The van der Waals surface area contributed by atoms with Crippen molar-refractivity contribution in [1.82, 2.24) is 4.90 Å². The first-order valence-corrected chi connectivity index (χ1v) is 6.13. The van der Waals surface area contributed by atoms with Gasteiger partial charge in [-0.1, -0.05) is 43.9 Å². The molecule has 1 nitrogen and oxygen atoms in total. The van der Waals surface area contributed by atoms with Gasteiger partial charge in [-0.3, -0.25) is 0 Å². The zero-order valence-corrected chi connectivity index (χ0v) is 10.4. The van der Waals surface area contributed by atoms with Gasteiger partial charge in [-0.15, -0.1) is 0 Å². The summed E-state index contributed by atoms with van der Waals surface area (Å²) in [5.41, 5.74) is 1.12. The maximum atomic E-state index is 3.23. The van der Waals surface area contributed by atoms with Crippen LogP contribution >= 0.6 is 0 Å². The van der Waals surface area contributed by atoms with E-state index < -0.39 is 0 Å². The zero-order valence-electron chi connectivity index (χ0n) is 10.4. The molecule has 1 aromatic rings. The Hall–Kier alpha value is -1.26. The van der Waals surface area contributed by atoms with E-state index in [1.54, 1.807) is 0 Å². The van der Waals surface area contributed by atoms with Gasteiger partial charge in [0.15, 0.2) is 0 Å². The lowest BCUT2D eigenvalue weighted by molar-refractivity contribution is 0.301. The summed E-state index contributed by atoms with van der Waals surface area (Å²) in [5.74, 6) is 6.41. The van der Waals surface area contributed by atoms with E-state index in [-0.39, 0.29) is 0 Å². The predicted molar refractivity (Wildman–Crippen MR) is 70.3 cm³/mol. The zero-order chi connectivity index (χ0) is 11.6. The molecule has 0 aliphatic rings. The molecule has 1 rings (SSSR count). The van der Waals surface area contributed by atoms with Gasteiger partial charge >= 0.3 is 0 Å². The molecule has 0 saturated carbocycles. The topological polar surface area (TPSA) is 3.24 Å². The van der Waals surface area contributed by atoms with Crippen LogP contribution in [-0.4, -0.2) is 24.5 Å². The first-order chi connectivity index (χ1) is 7.86. The Labute approximate surface area is 99.5 Å². The van der Waals surface area contributed by atoms with Gasteiger partial charge in [0.05, 0.1) is 0 Å². The fourth-order valence-electron chi connectivity index (χ4n) is 1.62. The Morgan fingerprint density at radius 1 is 1.06 bits per heavy atom. The van der Waals surface area contributed by atoms with Crippen LogP contribution in [0.2, 0.25) is 0 Å². The summed E-state index contributed by atoms with van der Waals surface area (Å²) < 4.78 is 0. The SMILES string of the molecule is CCN(CC)CCCC#Cc1ccccc1. The highest BCUT2D eigenvalue weighted by Gasteiger charge is 1.95. The van der Waals surface area contributed by atoms with Crippen molar-refractivity contribution < 1.29 is 0 Å². The molecular weight excluding hydrogens is 194 g/mol. The van der Waals surface area contributed by atoms with Crippen molar-refractivity contribution in [2.45, 2.75) is 26.7 Å². The van der Waals surface area contributed by atoms with Gasteiger partial charge < -0.3 is 4.90 Å². The summed E-state index contributed by atoms with van der Waals surface area (Å²) in [5, 5.41) is 0. The van der Waals surface area contributed by atoms with Gasteiger partial charge in [-0.2, -0.15) is 0 Å². The van der Waals surface area contributed by atoms with Gasteiger partial charge in [0.1, 0.15) is 0 Å². The molecule has 1 aromatic carbocycles. The maximum Gasteiger partial charge on any atom is 0.0245 e. The summed E-state index contributed by atoms with van der Waals surface area (Å²) in [4.78, 5) is 2.43. The van der Waals surface area contributed by atoms with E-state index in [9.17, 15) is 0 Å². The van der Waals surface area contributed by atoms with Gasteiger partial charge in [-0.25, -0.2) is 0 Å². The van der Waals surface area contributed by atoms with Crippen LogP contribution in [0.25, 0.3) is 0 Å². The number of benzene rings is 1. The van der Waals surface area contributed by atoms with E-state index in [0.717, 1.165) is 31.6 Å². The maximum absolute atomic E-state index is 3.23. The second kappa shape index (κ2) is 7.96. The van der Waals surface area contributed by atoms with Crippen LogP contribution in [0.15, 0.2) is 30.3 Å². The van der Waals surface area contributed by atoms with Crippen molar-refractivity contribution in [3.05, 3.63) is 35.9 Å². The van der Waals surface area contributed by atoms with E-state index in [0.29, 0.717) is 0 Å². The van der Waals surface area contributed by atoms with E-state index >= 15 is 0 Å². The lowest BCUT2D eigenvalue weighted by Gasteiger charge is -2.16. The highest BCUT2D eigenvalue weighted by molar-refractivity contribution is 5.33. The molecule has 16 heavy (non-hydrogen) atoms. The van der Waals surface area contributed by atoms with E-state index in [2.05, 4.69) is 42.7 Å². The molecule has 0 atom stereocenters. The molecule has 0 amide bonds. The molecule has 0 aliphatic heterocycles. The van der Waals surface area contributed by atoms with E-state index in [1.807, 2.05) is 18.2 Å². The second-order valence-electron chi connectivity index (χ2n) is 3.80. The van der Waals surface area contributed by atoms with Crippen molar-refractivity contribution >= 4 is 0 Å². The summed E-state index contributed by atoms with van der Waals surface area (Å²) >= 11 is 0. The monoisotopic (exact) mass is 215 g/mol. The highest BCUT2D eigenvalue weighted by atomic mass is 15.1. The normalized spacial score (nSPS) is 9.94. The molecule has 0 aliphatic carbocycles. The molecule has 0 N–H and O–H groups in total. The van der Waals surface area contributed by atoms with Crippen LogP contribution in [0.5, 0.6) is 0 Å². The first kappa shape index (κ1) is 12.8. The third kappa shape index (κ3) is 5.00. The Morgan fingerprint density at radius 3 is 2.38 bits per heavy atom. The molecule has 1 heteroatoms. The van der Waals surface area contributed by atoms with Crippen LogP contribution in [-0.2, 0) is 0 Å². The third-order valence-corrected chi connectivity index (χ3v) is 2.68. The first-order valence-electron chi connectivity index (χ1n) is 6.13. The van der Waals surface area contributed by atoms with Crippen LogP contribution < -0.4 is 0 Å². The van der Waals surface area contributed by atoms with Crippen molar-refractivity contribution in [2.75, 3.05) is 19.6 Å². The fourth-order valence-corrected chi connectivity index (χ4v) is 1.62. The van der Waals surface area contributed by atoms with Crippen LogP contribution in [0.1, 0.15) is 32.3 Å². The molecule has 0 fully saturated rings. The standard InChI is InChI=1S/C15H21N/c1-3-16(4-2)14-10-6-9-13-15-11-7-5-8-12-15/h5,7-8,11-12H,3-4,6,10,14H2,1-2H3. The average Bonchev–Trinajstić information content (AvgIpc) is 2.35. The number of hydrogen-bond donors (Lipinski definition) is 0. The number of unbranched alkanes of at least 4 members (excludes halogenated alkanes) is 1. The van der Waals surface area contributed by atoms with Crippen molar-refractivity contribution in [1.29, 1.82) is 0 Å². The largest absolute Gasteiger partial charge is 0.304 e. The minimum absolute atomic E-state index is 0.991. The Morgan fingerprint density at radius 2 is 1.75 bits per heavy atom. The van der Waals surface area contributed by atoms with Gasteiger partial charge in [-0.05, 0) is 38.2 Å². The summed E-state index contributed by atoms with van der Waals surface area (Å²) in [6.07, 6.45) is 2.16. The molecule has 0 unspecified atom stereocenters. The number of nitrogens with zero attached hydrogens (tertiary/aromatic N) is 1. The van der Waals surface area contributed by atoms with Gasteiger partial charge in [0.2, 0.25) is 0 Å². The third-order valence-electron chi connectivity index (χ3n) is 2.68. The molecule has 0 bridgehead atoms. The lowest BCUT2D eigenvalue weighted by Crippen LogP contribution is -2.23. The molecule has 0 spiro atoms. The molecule has 0 saturated heterocycles. The summed E-state index contributed by atoms with van der Waals surface area (Å²) in [6, 6.07) is 10.2. The number of rotatable bonds is 5. The lowest BCUT2D eigenvalue weighted by atomic mass is 10.2. The Bertz CT molecular complexity index is 327. The number of hydrogen-bond acceptors (Lipinski definition) is 1.